The summed E-state index contributed by atoms with van der Waals surface area (Å²) < 4.78 is 89.4. The lowest BCUT2D eigenvalue weighted by Crippen LogP contribution is -2.42. The van der Waals surface area contributed by atoms with Gasteiger partial charge in [-0.2, -0.15) is 0 Å². The van der Waals surface area contributed by atoms with Crippen LogP contribution in [-0.4, -0.2) is 68.9 Å². The van der Waals surface area contributed by atoms with Gasteiger partial charge in [0, 0.05) is 19.2 Å². The maximum absolute atomic E-state index is 14.6. The fourth-order valence-electron chi connectivity index (χ4n) is 4.28. The quantitative estimate of drug-likeness (QED) is 0.569. The number of rotatable bonds is 7. The average molecular weight is 517 g/mol. The molecule has 1 aromatic heterocycles. The van der Waals surface area contributed by atoms with Gasteiger partial charge in [-0.1, -0.05) is 11.2 Å². The van der Waals surface area contributed by atoms with Crippen molar-refractivity contribution in [2.45, 2.75) is 31.2 Å². The second-order valence-corrected chi connectivity index (χ2v) is 10.4. The number of sulfonamides is 1. The van der Waals surface area contributed by atoms with Crippen LogP contribution in [0, 0.1) is 17.5 Å². The third-order valence-electron chi connectivity index (χ3n) is 5.99. The van der Waals surface area contributed by atoms with Gasteiger partial charge in [0.05, 0.1) is 48.8 Å². The van der Waals surface area contributed by atoms with E-state index in [2.05, 4.69) is 14.9 Å². The lowest BCUT2D eigenvalue weighted by Gasteiger charge is -2.28. The number of benzene rings is 1. The van der Waals surface area contributed by atoms with E-state index in [0.717, 1.165) is 24.4 Å². The maximum Gasteiger partial charge on any atom is 0.211 e. The summed E-state index contributed by atoms with van der Waals surface area (Å²) in [6, 6.07) is 3.23. The lowest BCUT2D eigenvalue weighted by atomic mass is 9.88. The molecule has 1 N–H and O–H groups in total. The van der Waals surface area contributed by atoms with Crippen molar-refractivity contribution in [1.82, 2.24) is 14.6 Å². The van der Waals surface area contributed by atoms with E-state index in [0.29, 0.717) is 0 Å². The van der Waals surface area contributed by atoms with E-state index < -0.39 is 50.9 Å². The summed E-state index contributed by atoms with van der Waals surface area (Å²) in [5, 5.41) is 4.05. The number of nitrogens with one attached hydrogen (secondary N) is 1. The highest BCUT2D eigenvalue weighted by molar-refractivity contribution is 7.89. The minimum absolute atomic E-state index is 0.00268. The first-order chi connectivity index (χ1) is 16.6. The number of halogens is 4. The maximum atomic E-state index is 14.6. The number of hydrogen-bond acceptors (Lipinski definition) is 7. The van der Waals surface area contributed by atoms with Gasteiger partial charge in [-0.15, -0.1) is 0 Å². The highest BCUT2D eigenvalue weighted by atomic mass is 32.2. The SMILES string of the molecule is CCS(=O)(=O)N[C@@H]1CN(C2=NOC(COC)(c3ncc(F)cc3-c3c(F)cccc3F)C2)C[C@@H]1F. The van der Waals surface area contributed by atoms with Crippen molar-refractivity contribution in [1.29, 1.82) is 0 Å². The molecule has 0 aliphatic carbocycles. The molecular weight excluding hydrogens is 492 g/mol. The molecule has 1 unspecified atom stereocenters. The molecule has 2 aliphatic rings. The van der Waals surface area contributed by atoms with Crippen molar-refractivity contribution in [3.63, 3.8) is 0 Å². The number of alkyl halides is 1. The molecule has 1 fully saturated rings. The molecule has 4 rings (SSSR count). The molecule has 2 aromatic rings. The highest BCUT2D eigenvalue weighted by Gasteiger charge is 2.48. The van der Waals surface area contributed by atoms with Crippen LogP contribution in [0.2, 0.25) is 0 Å². The second-order valence-electron chi connectivity index (χ2n) is 8.40. The zero-order valence-corrected chi connectivity index (χ0v) is 19.8. The Kier molecular flexibility index (Phi) is 7.02. The highest BCUT2D eigenvalue weighted by Crippen LogP contribution is 2.42. The summed E-state index contributed by atoms with van der Waals surface area (Å²) in [7, 11) is -2.26. The van der Waals surface area contributed by atoms with Gasteiger partial charge in [0.1, 0.15) is 29.5 Å². The molecule has 1 saturated heterocycles. The summed E-state index contributed by atoms with van der Waals surface area (Å²) >= 11 is 0. The van der Waals surface area contributed by atoms with Gasteiger partial charge in [-0.05, 0) is 25.1 Å². The van der Waals surface area contributed by atoms with Crippen LogP contribution >= 0.6 is 0 Å². The van der Waals surface area contributed by atoms with Crippen LogP contribution in [0.15, 0.2) is 35.6 Å². The van der Waals surface area contributed by atoms with Gasteiger partial charge in [0.15, 0.2) is 0 Å². The summed E-state index contributed by atoms with van der Waals surface area (Å²) in [4.78, 5) is 11.3. The minimum Gasteiger partial charge on any atom is -0.380 e. The number of oxime groups is 1. The molecule has 1 aromatic carbocycles. The molecule has 13 heteroatoms. The van der Waals surface area contributed by atoms with Gasteiger partial charge in [-0.25, -0.2) is 30.7 Å². The van der Waals surface area contributed by atoms with Crippen molar-refractivity contribution in [3.05, 3.63) is 53.6 Å². The van der Waals surface area contributed by atoms with E-state index in [-0.39, 0.29) is 49.0 Å². The second kappa shape index (κ2) is 9.70. The summed E-state index contributed by atoms with van der Waals surface area (Å²) in [6.45, 7) is 1.13. The van der Waals surface area contributed by atoms with E-state index in [9.17, 15) is 26.0 Å². The first-order valence-corrected chi connectivity index (χ1v) is 12.5. The molecule has 0 amide bonds. The Bertz CT molecular complexity index is 1230. The molecule has 3 heterocycles. The molecule has 0 saturated carbocycles. The first-order valence-electron chi connectivity index (χ1n) is 10.8. The predicted octanol–water partition coefficient (Wildman–Crippen LogP) is 2.70. The fourth-order valence-corrected chi connectivity index (χ4v) is 5.13. The number of nitrogens with zero attached hydrogens (tertiary/aromatic N) is 3. The Morgan fingerprint density at radius 3 is 2.63 bits per heavy atom. The zero-order valence-electron chi connectivity index (χ0n) is 19.0. The Labute approximate surface area is 200 Å². The fraction of sp³-hybridized carbons (Fsp3) is 0.455. The molecule has 3 atom stereocenters. The van der Waals surface area contributed by atoms with E-state index in [1.54, 1.807) is 0 Å². The Morgan fingerprint density at radius 2 is 1.97 bits per heavy atom. The van der Waals surface area contributed by atoms with Crippen molar-refractivity contribution >= 4 is 15.9 Å². The van der Waals surface area contributed by atoms with Crippen LogP contribution < -0.4 is 4.72 Å². The Hall–Kier alpha value is -2.77. The predicted molar refractivity (Wildman–Crippen MR) is 119 cm³/mol. The van der Waals surface area contributed by atoms with Crippen molar-refractivity contribution in [2.75, 3.05) is 32.6 Å². The number of amidine groups is 1. The van der Waals surface area contributed by atoms with E-state index in [4.69, 9.17) is 9.57 Å². The van der Waals surface area contributed by atoms with E-state index in [1.807, 2.05) is 0 Å². The number of methoxy groups -OCH3 is 1. The van der Waals surface area contributed by atoms with Crippen LogP contribution in [0.1, 0.15) is 19.0 Å². The average Bonchev–Trinajstić information content (AvgIpc) is 3.38. The Balaban J connectivity index is 1.66. The number of aromatic nitrogens is 1. The molecular formula is C22H24F4N4O4S. The minimum atomic E-state index is -3.63. The lowest BCUT2D eigenvalue weighted by molar-refractivity contribution is -0.0759. The molecule has 0 bridgehead atoms. The van der Waals surface area contributed by atoms with Gasteiger partial charge in [-0.3, -0.25) is 4.98 Å². The molecule has 8 nitrogen and oxygen atoms in total. The largest absolute Gasteiger partial charge is 0.380 e. The Morgan fingerprint density at radius 1 is 1.26 bits per heavy atom. The molecule has 2 aliphatic heterocycles. The van der Waals surface area contributed by atoms with Crippen LogP contribution in [0.3, 0.4) is 0 Å². The number of likely N-dealkylation sites (tertiary alicyclic amines) is 1. The van der Waals surface area contributed by atoms with Crippen LogP contribution in [0.5, 0.6) is 0 Å². The monoisotopic (exact) mass is 516 g/mol. The van der Waals surface area contributed by atoms with Crippen molar-refractivity contribution in [3.8, 4) is 11.1 Å². The zero-order chi connectivity index (χ0) is 25.4. The molecule has 35 heavy (non-hydrogen) atoms. The topological polar surface area (TPSA) is 93.1 Å². The smallest absolute Gasteiger partial charge is 0.211 e. The number of pyridine rings is 1. The number of ether oxygens (including phenoxy) is 1. The standard InChI is InChI=1S/C22H24F4N4O4S/c1-3-35(31,32)29-18-11-30(10-17(18)26)19-8-22(12-33-2,34-28-19)21-14(7-13(23)9-27-21)20-15(24)5-4-6-16(20)25/h4-7,9,17-18,29H,3,8,10-12H2,1-2H3/t17-,18+,22?/m0/s1. The number of hydrogen-bond donors (Lipinski definition) is 1. The molecule has 0 radical (unpaired) electrons. The summed E-state index contributed by atoms with van der Waals surface area (Å²) in [5.41, 5.74) is -2.16. The molecule has 190 valence electrons. The third kappa shape index (κ3) is 4.98. The van der Waals surface area contributed by atoms with E-state index in [1.165, 1.54) is 25.0 Å². The van der Waals surface area contributed by atoms with Crippen molar-refractivity contribution in [2.24, 2.45) is 5.16 Å². The third-order valence-corrected chi connectivity index (χ3v) is 7.41. The van der Waals surface area contributed by atoms with E-state index >= 15 is 0 Å². The van der Waals surface area contributed by atoms with Gasteiger partial charge >= 0.3 is 0 Å². The van der Waals surface area contributed by atoms with Crippen LogP contribution in [0.25, 0.3) is 11.1 Å². The summed E-state index contributed by atoms with van der Waals surface area (Å²) in [6.07, 6.45) is -0.648. The van der Waals surface area contributed by atoms with Crippen molar-refractivity contribution < 1.29 is 35.6 Å². The molecule has 0 spiro atoms. The summed E-state index contributed by atoms with van der Waals surface area (Å²) in [5.74, 6) is -2.58. The van der Waals surface area contributed by atoms with Gasteiger partial charge in [0.2, 0.25) is 15.6 Å². The van der Waals surface area contributed by atoms with Gasteiger partial charge in [0.25, 0.3) is 0 Å². The van der Waals surface area contributed by atoms with Crippen LogP contribution in [0.4, 0.5) is 17.6 Å². The van der Waals surface area contributed by atoms with Gasteiger partial charge < -0.3 is 14.5 Å². The normalized spacial score (nSPS) is 24.5. The first kappa shape index (κ1) is 25.3. The van der Waals surface area contributed by atoms with Crippen LogP contribution in [-0.2, 0) is 25.2 Å².